The van der Waals surface area contributed by atoms with Gasteiger partial charge in [0.2, 0.25) is 0 Å². The molecule has 19 heavy (non-hydrogen) atoms. The minimum atomic E-state index is -0.202. The summed E-state index contributed by atoms with van der Waals surface area (Å²) in [6.07, 6.45) is 1.33. The van der Waals surface area contributed by atoms with Crippen molar-refractivity contribution in [3.05, 3.63) is 17.7 Å². The zero-order valence-electron chi connectivity index (χ0n) is 11.5. The van der Waals surface area contributed by atoms with E-state index < -0.39 is 0 Å². The van der Waals surface area contributed by atoms with E-state index in [0.717, 1.165) is 5.56 Å². The molecule has 6 heteroatoms. The second kappa shape index (κ2) is 8.85. The molecule has 1 aromatic rings. The predicted octanol–water partition coefficient (Wildman–Crippen LogP) is 1.91. The lowest BCUT2D eigenvalue weighted by atomic mass is 10.0. The fraction of sp³-hybridized carbons (Fsp3) is 0.538. The van der Waals surface area contributed by atoms with Crippen LogP contribution in [0.2, 0.25) is 0 Å². The molecule has 0 radical (unpaired) electrons. The Kier molecular flexibility index (Phi) is 8.30. The highest BCUT2D eigenvalue weighted by molar-refractivity contribution is 5.85. The molecular weight excluding hydrogens is 270 g/mol. The highest BCUT2D eigenvalue weighted by Gasteiger charge is 2.16. The van der Waals surface area contributed by atoms with Crippen LogP contribution in [0.4, 0.5) is 0 Å². The Bertz CT molecular complexity index is 387. The summed E-state index contributed by atoms with van der Waals surface area (Å²) in [7, 11) is 4.74. The fourth-order valence-corrected chi connectivity index (χ4v) is 1.81. The predicted molar refractivity (Wildman–Crippen MR) is 76.6 cm³/mol. The molecule has 0 saturated heterocycles. The van der Waals surface area contributed by atoms with Gasteiger partial charge in [-0.1, -0.05) is 0 Å². The second-order valence-electron chi connectivity index (χ2n) is 3.92. The molecule has 1 rings (SSSR count). The van der Waals surface area contributed by atoms with Gasteiger partial charge in [0.1, 0.15) is 5.75 Å². The fourth-order valence-electron chi connectivity index (χ4n) is 1.81. The lowest BCUT2D eigenvalue weighted by Gasteiger charge is -2.18. The lowest BCUT2D eigenvalue weighted by molar-refractivity contribution is 0.279. The Hall–Kier alpha value is -1.17. The van der Waals surface area contributed by atoms with Gasteiger partial charge in [-0.25, -0.2) is 0 Å². The Morgan fingerprint density at radius 1 is 1.05 bits per heavy atom. The molecule has 0 amide bonds. The van der Waals surface area contributed by atoms with E-state index in [9.17, 15) is 0 Å². The first kappa shape index (κ1) is 17.8. The number of hydrogen-bond donors (Lipinski definition) is 2. The molecule has 5 nitrogen and oxygen atoms in total. The first-order valence-corrected chi connectivity index (χ1v) is 5.84. The van der Waals surface area contributed by atoms with Crippen LogP contribution < -0.4 is 19.9 Å². The third-order valence-electron chi connectivity index (χ3n) is 2.81. The number of rotatable bonds is 7. The summed E-state index contributed by atoms with van der Waals surface area (Å²) in [4.78, 5) is 0. The summed E-state index contributed by atoms with van der Waals surface area (Å²) in [6, 6.07) is 3.37. The first-order chi connectivity index (χ1) is 8.67. The average molecular weight is 292 g/mol. The van der Waals surface area contributed by atoms with E-state index in [1.54, 1.807) is 27.4 Å². The van der Waals surface area contributed by atoms with E-state index in [-0.39, 0.29) is 25.1 Å². The molecule has 0 heterocycles. The summed E-state index contributed by atoms with van der Waals surface area (Å²) in [5.74, 6) is 1.89. The molecule has 0 aliphatic rings. The van der Waals surface area contributed by atoms with Gasteiger partial charge in [0.15, 0.2) is 11.5 Å². The monoisotopic (exact) mass is 291 g/mol. The minimum absolute atomic E-state index is 0. The summed E-state index contributed by atoms with van der Waals surface area (Å²) in [5.41, 5.74) is 6.94. The van der Waals surface area contributed by atoms with Gasteiger partial charge in [0, 0.05) is 24.3 Å². The van der Waals surface area contributed by atoms with Gasteiger partial charge in [-0.3, -0.25) is 0 Å². The van der Waals surface area contributed by atoms with Crippen molar-refractivity contribution in [2.24, 2.45) is 5.73 Å². The standard InChI is InChI=1S/C13H21NO4.ClH/c1-16-11-8-13(18-3)12(17-2)7-9(11)10(14)5-4-6-15;/h7-8,10,15H,4-6,14H2,1-3H3;1H/t10-;/m0./s1. The Morgan fingerprint density at radius 3 is 2.05 bits per heavy atom. The van der Waals surface area contributed by atoms with Gasteiger partial charge in [-0.15, -0.1) is 12.4 Å². The van der Waals surface area contributed by atoms with E-state index in [2.05, 4.69) is 0 Å². The van der Waals surface area contributed by atoms with E-state index >= 15 is 0 Å². The molecular formula is C13H22ClNO4. The van der Waals surface area contributed by atoms with Gasteiger partial charge in [-0.2, -0.15) is 0 Å². The second-order valence-corrected chi connectivity index (χ2v) is 3.92. The normalized spacial score (nSPS) is 11.4. The van der Waals surface area contributed by atoms with Crippen molar-refractivity contribution in [3.63, 3.8) is 0 Å². The van der Waals surface area contributed by atoms with Crippen LogP contribution in [-0.4, -0.2) is 33.0 Å². The average Bonchev–Trinajstić information content (AvgIpc) is 2.42. The van der Waals surface area contributed by atoms with E-state index in [0.29, 0.717) is 30.1 Å². The highest BCUT2D eigenvalue weighted by Crippen LogP contribution is 2.37. The van der Waals surface area contributed by atoms with Crippen LogP contribution in [0.25, 0.3) is 0 Å². The van der Waals surface area contributed by atoms with E-state index in [1.807, 2.05) is 6.07 Å². The highest BCUT2D eigenvalue weighted by atomic mass is 35.5. The van der Waals surface area contributed by atoms with Crippen LogP contribution in [0, 0.1) is 0 Å². The molecule has 0 spiro atoms. The smallest absolute Gasteiger partial charge is 0.164 e. The molecule has 0 saturated carbocycles. The number of methoxy groups -OCH3 is 3. The van der Waals surface area contributed by atoms with Crippen LogP contribution in [0.15, 0.2) is 12.1 Å². The van der Waals surface area contributed by atoms with Crippen molar-refractivity contribution < 1.29 is 19.3 Å². The number of aliphatic hydroxyl groups is 1. The van der Waals surface area contributed by atoms with Crippen molar-refractivity contribution >= 4 is 12.4 Å². The molecule has 0 unspecified atom stereocenters. The zero-order valence-corrected chi connectivity index (χ0v) is 12.3. The van der Waals surface area contributed by atoms with Gasteiger partial charge in [0.05, 0.1) is 21.3 Å². The van der Waals surface area contributed by atoms with Crippen LogP contribution in [0.3, 0.4) is 0 Å². The maximum Gasteiger partial charge on any atom is 0.164 e. The summed E-state index contributed by atoms with van der Waals surface area (Å²) in [6.45, 7) is 0.128. The molecule has 0 fully saturated rings. The SMILES string of the molecule is COc1cc(OC)c([C@@H](N)CCCO)cc1OC.Cl. The Labute approximate surface area is 120 Å². The number of aliphatic hydroxyl groups excluding tert-OH is 1. The van der Waals surface area contributed by atoms with Gasteiger partial charge in [0.25, 0.3) is 0 Å². The largest absolute Gasteiger partial charge is 0.496 e. The molecule has 110 valence electrons. The third kappa shape index (κ3) is 4.45. The maximum atomic E-state index is 8.84. The number of hydrogen-bond acceptors (Lipinski definition) is 5. The molecule has 0 aromatic heterocycles. The molecule has 0 aliphatic heterocycles. The van der Waals surface area contributed by atoms with Crippen molar-refractivity contribution in [2.75, 3.05) is 27.9 Å². The van der Waals surface area contributed by atoms with Crippen LogP contribution in [0.1, 0.15) is 24.4 Å². The number of halogens is 1. The number of ether oxygens (including phenoxy) is 3. The molecule has 0 aliphatic carbocycles. The zero-order chi connectivity index (χ0) is 13.5. The van der Waals surface area contributed by atoms with E-state index in [4.69, 9.17) is 25.1 Å². The summed E-state index contributed by atoms with van der Waals surface area (Å²) >= 11 is 0. The summed E-state index contributed by atoms with van der Waals surface area (Å²) in [5, 5.41) is 8.84. The number of benzene rings is 1. The van der Waals surface area contributed by atoms with Crippen molar-refractivity contribution in [1.29, 1.82) is 0 Å². The van der Waals surface area contributed by atoms with Crippen molar-refractivity contribution in [3.8, 4) is 17.2 Å². The summed E-state index contributed by atoms with van der Waals surface area (Å²) < 4.78 is 15.8. The third-order valence-corrected chi connectivity index (χ3v) is 2.81. The quantitative estimate of drug-likeness (QED) is 0.803. The Morgan fingerprint density at radius 2 is 1.58 bits per heavy atom. The maximum absolute atomic E-state index is 8.84. The van der Waals surface area contributed by atoms with Gasteiger partial charge in [-0.05, 0) is 18.9 Å². The van der Waals surface area contributed by atoms with Gasteiger partial charge < -0.3 is 25.1 Å². The molecule has 1 atom stereocenters. The molecule has 3 N–H and O–H groups in total. The number of nitrogens with two attached hydrogens (primary N) is 1. The van der Waals surface area contributed by atoms with Gasteiger partial charge >= 0.3 is 0 Å². The van der Waals surface area contributed by atoms with Crippen LogP contribution in [0.5, 0.6) is 17.2 Å². The van der Waals surface area contributed by atoms with E-state index in [1.165, 1.54) is 0 Å². The minimum Gasteiger partial charge on any atom is -0.496 e. The lowest BCUT2D eigenvalue weighted by Crippen LogP contribution is -2.12. The van der Waals surface area contributed by atoms with Crippen LogP contribution >= 0.6 is 12.4 Å². The first-order valence-electron chi connectivity index (χ1n) is 5.84. The van der Waals surface area contributed by atoms with Crippen molar-refractivity contribution in [2.45, 2.75) is 18.9 Å². The topological polar surface area (TPSA) is 73.9 Å². The van der Waals surface area contributed by atoms with Crippen LogP contribution in [-0.2, 0) is 0 Å². The van der Waals surface area contributed by atoms with Crippen molar-refractivity contribution in [1.82, 2.24) is 0 Å². The Balaban J connectivity index is 0.00000324. The molecule has 1 aromatic carbocycles. The molecule has 0 bridgehead atoms.